The molecule has 2 aliphatic carbocycles. The number of halogens is 1. The molecule has 2 aromatic rings. The van der Waals surface area contributed by atoms with Crippen LogP contribution in [0, 0.1) is 5.82 Å². The van der Waals surface area contributed by atoms with Gasteiger partial charge in [0.2, 0.25) is 11.8 Å². The molecule has 9 nitrogen and oxygen atoms in total. The van der Waals surface area contributed by atoms with Crippen molar-refractivity contribution in [2.24, 2.45) is 0 Å². The molecular weight excluding hydrogens is 465 g/mol. The van der Waals surface area contributed by atoms with Crippen LogP contribution in [0.1, 0.15) is 81.9 Å². The molecule has 10 heteroatoms. The summed E-state index contributed by atoms with van der Waals surface area (Å²) in [6.45, 7) is 4.22. The van der Waals surface area contributed by atoms with E-state index in [1.807, 2.05) is 6.92 Å². The van der Waals surface area contributed by atoms with E-state index in [9.17, 15) is 18.8 Å². The van der Waals surface area contributed by atoms with Gasteiger partial charge < -0.3 is 20.3 Å². The Hall–Kier alpha value is -3.43. The van der Waals surface area contributed by atoms with Gasteiger partial charge in [-0.15, -0.1) is 0 Å². The van der Waals surface area contributed by atoms with Gasteiger partial charge >= 0.3 is 6.09 Å². The lowest BCUT2D eigenvalue weighted by Gasteiger charge is -2.18. The van der Waals surface area contributed by atoms with Crippen molar-refractivity contribution in [1.29, 1.82) is 0 Å². The highest BCUT2D eigenvalue weighted by molar-refractivity contribution is 5.96. The van der Waals surface area contributed by atoms with Gasteiger partial charge in [0.1, 0.15) is 11.9 Å². The zero-order valence-electron chi connectivity index (χ0n) is 20.6. The van der Waals surface area contributed by atoms with E-state index in [0.29, 0.717) is 30.9 Å². The number of nitrogens with one attached hydrogen (secondary N) is 3. The molecule has 5 rings (SSSR count). The van der Waals surface area contributed by atoms with Gasteiger partial charge in [-0.25, -0.2) is 9.18 Å². The highest BCUT2D eigenvalue weighted by Crippen LogP contribution is 2.37. The number of alkyl carbamates (subject to hydrolysis) is 1. The molecule has 1 aromatic heterocycles. The molecule has 2 heterocycles. The molecule has 1 saturated heterocycles. The molecule has 1 aliphatic heterocycles. The maximum Gasteiger partial charge on any atom is 0.407 e. The Morgan fingerprint density at radius 3 is 2.78 bits per heavy atom. The minimum absolute atomic E-state index is 0.0155. The minimum Gasteiger partial charge on any atom is -0.446 e. The van der Waals surface area contributed by atoms with Crippen molar-refractivity contribution >= 4 is 29.4 Å². The average Bonchev–Trinajstić information content (AvgIpc) is 3.25. The molecule has 1 aromatic carbocycles. The van der Waals surface area contributed by atoms with E-state index in [1.54, 1.807) is 30.0 Å². The van der Waals surface area contributed by atoms with Crippen molar-refractivity contribution in [3.8, 4) is 0 Å². The number of carbonyl (C=O) groups is 3. The first-order valence-corrected chi connectivity index (χ1v) is 12.7. The fraction of sp³-hybridized carbons (Fsp3) is 0.538. The maximum atomic E-state index is 14.8. The molecule has 3 aliphatic rings. The average molecular weight is 498 g/mol. The largest absolute Gasteiger partial charge is 0.446 e. The molecule has 3 atom stereocenters. The van der Waals surface area contributed by atoms with Crippen LogP contribution in [-0.2, 0) is 14.3 Å². The second-order valence-corrected chi connectivity index (χ2v) is 10.5. The zero-order valence-corrected chi connectivity index (χ0v) is 20.6. The van der Waals surface area contributed by atoms with Crippen molar-refractivity contribution in [2.75, 3.05) is 16.8 Å². The highest BCUT2D eigenvalue weighted by atomic mass is 19.1. The predicted molar refractivity (Wildman–Crippen MR) is 131 cm³/mol. The van der Waals surface area contributed by atoms with Crippen LogP contribution in [0.25, 0.3) is 0 Å². The Labute approximate surface area is 209 Å². The number of hydrogen-bond acceptors (Lipinski definition) is 5. The van der Waals surface area contributed by atoms with Gasteiger partial charge in [-0.05, 0) is 64.5 Å². The number of H-pyrrole nitrogens is 1. The van der Waals surface area contributed by atoms with E-state index in [1.165, 1.54) is 6.07 Å². The third-order valence-corrected chi connectivity index (χ3v) is 7.58. The van der Waals surface area contributed by atoms with E-state index in [4.69, 9.17) is 4.74 Å². The fourth-order valence-electron chi connectivity index (χ4n) is 5.01. The van der Waals surface area contributed by atoms with Crippen molar-refractivity contribution in [2.45, 2.75) is 82.3 Å². The first-order chi connectivity index (χ1) is 17.2. The van der Waals surface area contributed by atoms with Gasteiger partial charge in [0.15, 0.2) is 5.82 Å². The molecule has 0 bridgehead atoms. The van der Waals surface area contributed by atoms with Gasteiger partial charge in [-0.2, -0.15) is 5.10 Å². The molecule has 2 unspecified atom stereocenters. The van der Waals surface area contributed by atoms with Crippen LogP contribution in [0.4, 0.5) is 20.7 Å². The van der Waals surface area contributed by atoms with Crippen molar-refractivity contribution in [1.82, 2.24) is 15.5 Å². The van der Waals surface area contributed by atoms with E-state index in [2.05, 4.69) is 20.8 Å². The van der Waals surface area contributed by atoms with E-state index < -0.39 is 11.7 Å². The lowest BCUT2D eigenvalue weighted by atomic mass is 9.99. The summed E-state index contributed by atoms with van der Waals surface area (Å²) < 4.78 is 20.4. The highest BCUT2D eigenvalue weighted by Gasteiger charge is 2.40. The van der Waals surface area contributed by atoms with E-state index in [-0.39, 0.29) is 41.0 Å². The normalized spacial score (nSPS) is 23.4. The van der Waals surface area contributed by atoms with Crippen LogP contribution in [0.5, 0.6) is 0 Å². The van der Waals surface area contributed by atoms with E-state index >= 15 is 0 Å². The number of nitrogens with zero attached hydrogens (tertiary/aromatic N) is 2. The number of aromatic nitrogens is 2. The molecule has 3 amide bonds. The van der Waals surface area contributed by atoms with Crippen LogP contribution < -0.4 is 15.5 Å². The zero-order chi connectivity index (χ0) is 25.4. The lowest BCUT2D eigenvalue weighted by molar-refractivity contribution is -0.118. The standard InChI is InChI=1S/C26H32FN5O4/c1-15(19-8-6-17(13-20(19)27)32-11-3-4-23(32)33)24(34)28-22-14-21(30-31-22)16-5-7-18(12-16)36-25(35)29-26(2)9-10-26/h6,8,13-16,18H,3-5,7,9-12H2,1-2H3,(H,29,35)(H2,28,30,31,34)/t15?,16?,18-/m0/s1. The Bertz CT molecular complexity index is 1180. The first kappa shape index (κ1) is 24.3. The smallest absolute Gasteiger partial charge is 0.407 e. The summed E-state index contributed by atoms with van der Waals surface area (Å²) in [5.41, 5.74) is 1.53. The Balaban J connectivity index is 1.15. The third kappa shape index (κ3) is 5.22. The number of benzene rings is 1. The van der Waals surface area contributed by atoms with Crippen molar-refractivity contribution in [3.05, 3.63) is 41.3 Å². The topological polar surface area (TPSA) is 116 Å². The van der Waals surface area contributed by atoms with Gasteiger partial charge in [-0.3, -0.25) is 14.7 Å². The minimum atomic E-state index is -0.746. The molecule has 3 N–H and O–H groups in total. The second-order valence-electron chi connectivity index (χ2n) is 10.5. The van der Waals surface area contributed by atoms with Crippen LogP contribution in [0.3, 0.4) is 0 Å². The van der Waals surface area contributed by atoms with Crippen LogP contribution in [0.2, 0.25) is 0 Å². The van der Waals surface area contributed by atoms with Crippen LogP contribution in [-0.4, -0.2) is 46.3 Å². The lowest BCUT2D eigenvalue weighted by Crippen LogP contribution is -2.36. The number of aromatic amines is 1. The van der Waals surface area contributed by atoms with Crippen LogP contribution >= 0.6 is 0 Å². The number of rotatable bonds is 7. The Kier molecular flexibility index (Phi) is 6.44. The van der Waals surface area contributed by atoms with Crippen LogP contribution in [0.15, 0.2) is 24.3 Å². The third-order valence-electron chi connectivity index (χ3n) is 7.58. The number of ether oxygens (including phenoxy) is 1. The van der Waals surface area contributed by atoms with Gasteiger partial charge in [0.05, 0.1) is 5.92 Å². The fourth-order valence-corrected chi connectivity index (χ4v) is 5.01. The number of hydrogen-bond donors (Lipinski definition) is 3. The SMILES string of the molecule is CC(C(=O)Nc1cc(C2CC[C@H](OC(=O)NC3(C)CC3)C2)[nH]n1)c1ccc(N2CCCC2=O)cc1F. The molecule has 2 saturated carbocycles. The summed E-state index contributed by atoms with van der Waals surface area (Å²) in [7, 11) is 0. The first-order valence-electron chi connectivity index (χ1n) is 12.7. The van der Waals surface area contributed by atoms with E-state index in [0.717, 1.165) is 37.8 Å². The Morgan fingerprint density at radius 1 is 1.28 bits per heavy atom. The molecule has 192 valence electrons. The molecule has 0 radical (unpaired) electrons. The summed E-state index contributed by atoms with van der Waals surface area (Å²) in [4.78, 5) is 38.4. The molecule has 36 heavy (non-hydrogen) atoms. The summed E-state index contributed by atoms with van der Waals surface area (Å²) in [6, 6.07) is 6.34. The van der Waals surface area contributed by atoms with Crippen molar-refractivity contribution in [3.63, 3.8) is 0 Å². The summed E-state index contributed by atoms with van der Waals surface area (Å²) in [6.07, 6.45) is 4.98. The van der Waals surface area contributed by atoms with Gasteiger partial charge in [-0.1, -0.05) is 6.07 Å². The summed E-state index contributed by atoms with van der Waals surface area (Å²) >= 11 is 0. The number of amides is 3. The quantitative estimate of drug-likeness (QED) is 0.526. The molecule has 0 spiro atoms. The monoisotopic (exact) mass is 497 g/mol. The number of carbonyl (C=O) groups excluding carboxylic acids is 3. The Morgan fingerprint density at radius 2 is 2.08 bits per heavy atom. The second kappa shape index (κ2) is 9.55. The number of anilines is 2. The van der Waals surface area contributed by atoms with Crippen molar-refractivity contribution < 1.29 is 23.5 Å². The maximum absolute atomic E-state index is 14.8. The summed E-state index contributed by atoms with van der Waals surface area (Å²) in [5, 5.41) is 12.8. The van der Waals surface area contributed by atoms with Gasteiger partial charge in [0.25, 0.3) is 0 Å². The van der Waals surface area contributed by atoms with Gasteiger partial charge in [0, 0.05) is 47.4 Å². The molecule has 3 fully saturated rings. The summed E-state index contributed by atoms with van der Waals surface area (Å²) in [5.74, 6) is -1.15. The predicted octanol–water partition coefficient (Wildman–Crippen LogP) is 4.33. The molecular formula is C26H32FN5O4.